The van der Waals surface area contributed by atoms with Gasteiger partial charge in [0.05, 0.1) is 29.4 Å². The average Bonchev–Trinajstić information content (AvgIpc) is 3.07. The summed E-state index contributed by atoms with van der Waals surface area (Å²) in [5.74, 6) is -0.240. The lowest BCUT2D eigenvalue weighted by molar-refractivity contribution is 0.0913. The van der Waals surface area contributed by atoms with Gasteiger partial charge in [-0.3, -0.25) is 14.7 Å². The maximum absolute atomic E-state index is 12.3. The number of sulfone groups is 1. The van der Waals surface area contributed by atoms with Crippen LogP contribution in [0.5, 0.6) is 0 Å². The fourth-order valence-electron chi connectivity index (χ4n) is 3.15. The van der Waals surface area contributed by atoms with E-state index in [1.54, 1.807) is 6.92 Å². The summed E-state index contributed by atoms with van der Waals surface area (Å²) in [6, 6.07) is -0.506. The molecule has 0 bridgehead atoms. The summed E-state index contributed by atoms with van der Waals surface area (Å²) in [7, 11) is -3.11. The largest absolute Gasteiger partial charge is 0.345 e. The number of aromatic nitrogens is 2. The van der Waals surface area contributed by atoms with E-state index < -0.39 is 9.84 Å². The minimum absolute atomic E-state index is 0.000797. The Morgan fingerprint density at radius 3 is 2.59 bits per heavy atom. The lowest BCUT2D eigenvalue weighted by Gasteiger charge is -2.28. The normalized spacial score (nSPS) is 27.9. The molecule has 1 amide bonds. The molecule has 0 radical (unpaired) electrons. The van der Waals surface area contributed by atoms with Crippen molar-refractivity contribution in [3.63, 3.8) is 0 Å². The van der Waals surface area contributed by atoms with Gasteiger partial charge < -0.3 is 5.32 Å². The van der Waals surface area contributed by atoms with Crippen LogP contribution in [-0.2, 0) is 9.84 Å². The first-order valence-corrected chi connectivity index (χ1v) is 9.31. The summed E-state index contributed by atoms with van der Waals surface area (Å²) < 4.78 is 23.9. The second kappa shape index (κ2) is 5.92. The number of nitrogens with one attached hydrogen (secondary N) is 1. The van der Waals surface area contributed by atoms with Crippen LogP contribution < -0.4 is 5.32 Å². The van der Waals surface area contributed by atoms with E-state index in [0.29, 0.717) is 0 Å². The molecule has 2 fully saturated rings. The molecule has 1 N–H and O–H groups in total. The standard InChI is InChI=1S/C14H20N4O3S/c1-10-6-16-11(7-15-10)14(19)17-12-8-22(20,21)9-13(12)18-4-2-3-5-18/h6-7,12-13H,2-5,8-9H2,1H3,(H,17,19)/t12-,13-/m1/s1. The number of nitrogens with zero attached hydrogens (tertiary/aromatic N) is 3. The van der Waals surface area contributed by atoms with Crippen LogP contribution in [-0.4, -0.2) is 65.9 Å². The van der Waals surface area contributed by atoms with Crippen LogP contribution in [0.4, 0.5) is 0 Å². The van der Waals surface area contributed by atoms with Crippen LogP contribution in [0.25, 0.3) is 0 Å². The molecule has 2 aliphatic rings. The number of carbonyl (C=O) groups excluding carboxylic acids is 1. The smallest absolute Gasteiger partial charge is 0.271 e. The lowest BCUT2D eigenvalue weighted by atomic mass is 10.1. The molecular formula is C14H20N4O3S. The molecule has 7 nitrogen and oxygen atoms in total. The van der Waals surface area contributed by atoms with Gasteiger partial charge in [0, 0.05) is 12.2 Å². The van der Waals surface area contributed by atoms with Crippen molar-refractivity contribution in [3.8, 4) is 0 Å². The van der Waals surface area contributed by atoms with E-state index in [9.17, 15) is 13.2 Å². The highest BCUT2D eigenvalue weighted by Gasteiger charge is 2.42. The summed E-state index contributed by atoms with van der Waals surface area (Å²) in [5, 5.41) is 2.83. The summed E-state index contributed by atoms with van der Waals surface area (Å²) in [5.41, 5.74) is 0.949. The number of rotatable bonds is 3. The SMILES string of the molecule is Cc1cnc(C(=O)N[C@@H]2CS(=O)(=O)C[C@H]2N2CCCC2)cn1. The highest BCUT2D eigenvalue weighted by Crippen LogP contribution is 2.22. The lowest BCUT2D eigenvalue weighted by Crippen LogP contribution is -2.50. The van der Waals surface area contributed by atoms with Crippen LogP contribution in [0.1, 0.15) is 29.0 Å². The van der Waals surface area contributed by atoms with Crippen molar-refractivity contribution in [1.29, 1.82) is 0 Å². The van der Waals surface area contributed by atoms with E-state index in [0.717, 1.165) is 31.6 Å². The molecule has 8 heteroatoms. The third-order valence-corrected chi connectivity index (χ3v) is 5.98. The Bertz CT molecular complexity index is 653. The zero-order valence-electron chi connectivity index (χ0n) is 12.5. The van der Waals surface area contributed by atoms with Gasteiger partial charge in [0.25, 0.3) is 5.91 Å². The number of amides is 1. The van der Waals surface area contributed by atoms with Crippen LogP contribution in [0.3, 0.4) is 0 Å². The van der Waals surface area contributed by atoms with Gasteiger partial charge in [0.15, 0.2) is 9.84 Å². The average molecular weight is 324 g/mol. The van der Waals surface area contributed by atoms with E-state index >= 15 is 0 Å². The number of likely N-dealkylation sites (tertiary alicyclic amines) is 1. The fourth-order valence-corrected chi connectivity index (χ4v) is 5.10. The van der Waals surface area contributed by atoms with E-state index in [-0.39, 0.29) is 35.2 Å². The second-order valence-electron chi connectivity index (χ2n) is 6.01. The van der Waals surface area contributed by atoms with E-state index in [4.69, 9.17) is 0 Å². The van der Waals surface area contributed by atoms with Crippen molar-refractivity contribution >= 4 is 15.7 Å². The fraction of sp³-hybridized carbons (Fsp3) is 0.643. The van der Waals surface area contributed by atoms with Gasteiger partial charge in [-0.25, -0.2) is 13.4 Å². The molecule has 2 saturated heterocycles. The Morgan fingerprint density at radius 2 is 1.95 bits per heavy atom. The van der Waals surface area contributed by atoms with Gasteiger partial charge in [-0.15, -0.1) is 0 Å². The van der Waals surface area contributed by atoms with E-state index in [2.05, 4.69) is 20.2 Å². The highest BCUT2D eigenvalue weighted by atomic mass is 32.2. The van der Waals surface area contributed by atoms with E-state index in [1.807, 2.05) is 0 Å². The van der Waals surface area contributed by atoms with Crippen molar-refractivity contribution in [2.24, 2.45) is 0 Å². The molecule has 0 unspecified atom stereocenters. The summed E-state index contributed by atoms with van der Waals surface area (Å²) in [6.07, 6.45) is 5.11. The third-order valence-electron chi connectivity index (χ3n) is 4.26. The van der Waals surface area contributed by atoms with Gasteiger partial charge >= 0.3 is 0 Å². The first-order chi connectivity index (χ1) is 10.4. The maximum atomic E-state index is 12.3. The van der Waals surface area contributed by atoms with Crippen molar-refractivity contribution in [2.45, 2.75) is 31.8 Å². The molecule has 0 aliphatic carbocycles. The Kier molecular flexibility index (Phi) is 4.14. The van der Waals surface area contributed by atoms with Gasteiger partial charge in [-0.2, -0.15) is 0 Å². The Balaban J connectivity index is 1.74. The quantitative estimate of drug-likeness (QED) is 0.826. The molecule has 2 aliphatic heterocycles. The Morgan fingerprint density at radius 1 is 1.23 bits per heavy atom. The predicted octanol–water partition coefficient (Wildman–Crippen LogP) is -0.224. The summed E-state index contributed by atoms with van der Waals surface area (Å²) >= 11 is 0. The van der Waals surface area contributed by atoms with Crippen molar-refractivity contribution in [2.75, 3.05) is 24.6 Å². The highest BCUT2D eigenvalue weighted by molar-refractivity contribution is 7.91. The minimum Gasteiger partial charge on any atom is -0.345 e. The second-order valence-corrected chi connectivity index (χ2v) is 8.16. The first-order valence-electron chi connectivity index (χ1n) is 7.48. The molecule has 1 aromatic heterocycles. The van der Waals surface area contributed by atoms with Crippen LogP contribution in [0.15, 0.2) is 12.4 Å². The number of hydrogen-bond acceptors (Lipinski definition) is 6. The van der Waals surface area contributed by atoms with Crippen molar-refractivity contribution in [3.05, 3.63) is 23.8 Å². The Hall–Kier alpha value is -1.54. The number of carbonyl (C=O) groups is 1. The van der Waals surface area contributed by atoms with Gasteiger partial charge in [-0.1, -0.05) is 0 Å². The maximum Gasteiger partial charge on any atom is 0.271 e. The molecule has 120 valence electrons. The first kappa shape index (κ1) is 15.4. The third kappa shape index (κ3) is 3.27. The Labute approximate surface area is 130 Å². The summed E-state index contributed by atoms with van der Waals surface area (Å²) in [6.45, 7) is 3.59. The van der Waals surface area contributed by atoms with Crippen LogP contribution >= 0.6 is 0 Å². The molecule has 0 spiro atoms. The van der Waals surface area contributed by atoms with Gasteiger partial charge in [0.1, 0.15) is 5.69 Å². The minimum atomic E-state index is -3.11. The molecular weight excluding hydrogens is 304 g/mol. The molecule has 0 aromatic carbocycles. The molecule has 1 aromatic rings. The molecule has 3 heterocycles. The number of aryl methyl sites for hydroxylation is 1. The number of hydrogen-bond donors (Lipinski definition) is 1. The monoisotopic (exact) mass is 324 g/mol. The molecule has 22 heavy (non-hydrogen) atoms. The van der Waals surface area contributed by atoms with Crippen molar-refractivity contribution in [1.82, 2.24) is 20.2 Å². The van der Waals surface area contributed by atoms with Gasteiger partial charge in [-0.05, 0) is 32.9 Å². The topological polar surface area (TPSA) is 92.3 Å². The van der Waals surface area contributed by atoms with Crippen LogP contribution in [0, 0.1) is 6.92 Å². The predicted molar refractivity (Wildman–Crippen MR) is 81.3 cm³/mol. The molecule has 2 atom stereocenters. The zero-order valence-corrected chi connectivity index (χ0v) is 13.3. The molecule has 0 saturated carbocycles. The van der Waals surface area contributed by atoms with Gasteiger partial charge in [0.2, 0.25) is 0 Å². The summed E-state index contributed by atoms with van der Waals surface area (Å²) in [4.78, 5) is 22.5. The molecule has 3 rings (SSSR count). The van der Waals surface area contributed by atoms with Crippen molar-refractivity contribution < 1.29 is 13.2 Å². The zero-order chi connectivity index (χ0) is 15.7. The van der Waals surface area contributed by atoms with E-state index in [1.165, 1.54) is 12.4 Å². The van der Waals surface area contributed by atoms with Crippen LogP contribution in [0.2, 0.25) is 0 Å².